The SMILES string of the molecule is O=C(O)C1C2CN(C3CCC4(Cc5ccccc5Cc5ccccc54)C3)CC21. The van der Waals surface area contributed by atoms with Crippen LogP contribution in [-0.2, 0) is 23.1 Å². The molecule has 144 valence electrons. The lowest BCUT2D eigenvalue weighted by molar-refractivity contribution is -0.139. The molecule has 3 heteroatoms. The van der Waals surface area contributed by atoms with Gasteiger partial charge >= 0.3 is 5.97 Å². The average molecular weight is 373 g/mol. The molecule has 4 aliphatic rings. The highest BCUT2D eigenvalue weighted by atomic mass is 16.4. The molecule has 0 amide bonds. The third kappa shape index (κ3) is 2.42. The van der Waals surface area contributed by atoms with Gasteiger partial charge in [0.05, 0.1) is 5.92 Å². The predicted octanol–water partition coefficient (Wildman–Crippen LogP) is 3.89. The number of likely N-dealkylation sites (tertiary alicyclic amines) is 1. The van der Waals surface area contributed by atoms with E-state index in [1.807, 2.05) is 0 Å². The Morgan fingerprint density at radius 2 is 1.64 bits per heavy atom. The van der Waals surface area contributed by atoms with E-state index in [4.69, 9.17) is 0 Å². The molecule has 4 unspecified atom stereocenters. The maximum absolute atomic E-state index is 11.3. The minimum atomic E-state index is -0.577. The Labute approximate surface area is 166 Å². The molecule has 1 N–H and O–H groups in total. The van der Waals surface area contributed by atoms with Crippen LogP contribution in [0.5, 0.6) is 0 Å². The lowest BCUT2D eigenvalue weighted by atomic mass is 9.73. The van der Waals surface area contributed by atoms with Crippen molar-refractivity contribution in [2.24, 2.45) is 17.8 Å². The third-order valence-corrected chi connectivity index (χ3v) is 8.22. The molecule has 4 atom stereocenters. The number of hydrogen-bond donors (Lipinski definition) is 1. The summed E-state index contributed by atoms with van der Waals surface area (Å²) in [6.07, 6.45) is 5.91. The van der Waals surface area contributed by atoms with E-state index in [9.17, 15) is 9.90 Å². The van der Waals surface area contributed by atoms with Crippen LogP contribution in [0.2, 0.25) is 0 Å². The monoisotopic (exact) mass is 373 g/mol. The Balaban J connectivity index is 1.30. The number of benzene rings is 2. The van der Waals surface area contributed by atoms with E-state index >= 15 is 0 Å². The van der Waals surface area contributed by atoms with Gasteiger partial charge in [-0.15, -0.1) is 0 Å². The molecule has 6 rings (SSSR count). The quantitative estimate of drug-likeness (QED) is 0.868. The van der Waals surface area contributed by atoms with Crippen molar-refractivity contribution in [1.29, 1.82) is 0 Å². The van der Waals surface area contributed by atoms with Crippen LogP contribution in [0.25, 0.3) is 0 Å². The molecule has 0 radical (unpaired) electrons. The molecular weight excluding hydrogens is 346 g/mol. The zero-order chi connectivity index (χ0) is 18.9. The molecule has 3 aliphatic carbocycles. The van der Waals surface area contributed by atoms with Crippen molar-refractivity contribution in [2.45, 2.75) is 43.6 Å². The minimum Gasteiger partial charge on any atom is -0.481 e. The Morgan fingerprint density at radius 1 is 0.964 bits per heavy atom. The van der Waals surface area contributed by atoms with Crippen molar-refractivity contribution in [1.82, 2.24) is 4.90 Å². The van der Waals surface area contributed by atoms with E-state index in [0.717, 1.165) is 25.9 Å². The summed E-state index contributed by atoms with van der Waals surface area (Å²) < 4.78 is 0. The number of aliphatic carboxylic acids is 1. The van der Waals surface area contributed by atoms with Gasteiger partial charge in [-0.2, -0.15) is 0 Å². The van der Waals surface area contributed by atoms with E-state index in [0.29, 0.717) is 17.9 Å². The summed E-state index contributed by atoms with van der Waals surface area (Å²) in [5, 5.41) is 9.32. The van der Waals surface area contributed by atoms with Crippen molar-refractivity contribution in [3.05, 3.63) is 70.8 Å². The second-order valence-corrected chi connectivity index (χ2v) is 9.60. The second kappa shape index (κ2) is 5.93. The van der Waals surface area contributed by atoms with Crippen LogP contribution in [0.4, 0.5) is 0 Å². The molecule has 2 aromatic rings. The zero-order valence-corrected chi connectivity index (χ0v) is 16.2. The van der Waals surface area contributed by atoms with Gasteiger partial charge in [-0.3, -0.25) is 9.69 Å². The maximum Gasteiger partial charge on any atom is 0.307 e. The molecule has 1 spiro atoms. The molecule has 0 bridgehead atoms. The molecule has 3 nitrogen and oxygen atoms in total. The Bertz CT molecular complexity index is 941. The van der Waals surface area contributed by atoms with Crippen molar-refractivity contribution >= 4 is 5.97 Å². The number of rotatable bonds is 2. The summed E-state index contributed by atoms with van der Waals surface area (Å²) in [6, 6.07) is 18.7. The van der Waals surface area contributed by atoms with Crippen LogP contribution in [0.15, 0.2) is 48.5 Å². The highest BCUT2D eigenvalue weighted by molar-refractivity contribution is 5.74. The van der Waals surface area contributed by atoms with Crippen molar-refractivity contribution in [3.8, 4) is 0 Å². The average Bonchev–Trinajstić information content (AvgIpc) is 3.02. The number of piperidine rings is 1. The number of fused-ring (bicyclic) bond motifs is 4. The van der Waals surface area contributed by atoms with Gasteiger partial charge in [-0.1, -0.05) is 48.5 Å². The van der Waals surface area contributed by atoms with Gasteiger partial charge in [0.2, 0.25) is 0 Å². The van der Waals surface area contributed by atoms with Gasteiger partial charge in [0.25, 0.3) is 0 Å². The van der Waals surface area contributed by atoms with Gasteiger partial charge in [0.15, 0.2) is 0 Å². The number of hydrogen-bond acceptors (Lipinski definition) is 2. The van der Waals surface area contributed by atoms with Crippen LogP contribution in [0, 0.1) is 17.8 Å². The van der Waals surface area contributed by atoms with E-state index in [-0.39, 0.29) is 11.3 Å². The van der Waals surface area contributed by atoms with Crippen LogP contribution >= 0.6 is 0 Å². The van der Waals surface area contributed by atoms with Crippen LogP contribution < -0.4 is 0 Å². The Morgan fingerprint density at radius 3 is 2.39 bits per heavy atom. The minimum absolute atomic E-state index is 0.0582. The lowest BCUT2D eigenvalue weighted by Crippen LogP contribution is -2.37. The standard InChI is InChI=1S/C25H27NO2/c27-24(28)23-20-14-26(15-21(20)23)19-9-10-25(13-19)12-18-7-2-1-5-16(18)11-17-6-3-4-8-22(17)25/h1-8,19-21,23H,9-15H2,(H,27,28). The summed E-state index contributed by atoms with van der Waals surface area (Å²) in [6.45, 7) is 2.00. The Kier molecular flexibility index (Phi) is 3.56. The molecule has 3 fully saturated rings. The molecule has 1 aliphatic heterocycles. The van der Waals surface area contributed by atoms with Gasteiger partial charge in [-0.05, 0) is 66.2 Å². The zero-order valence-electron chi connectivity index (χ0n) is 16.2. The Hall–Kier alpha value is -2.13. The highest BCUT2D eigenvalue weighted by Crippen LogP contribution is 2.55. The number of carboxylic acids is 1. The van der Waals surface area contributed by atoms with Crippen LogP contribution in [0.3, 0.4) is 0 Å². The fourth-order valence-corrected chi connectivity index (χ4v) is 6.80. The molecule has 0 aromatic heterocycles. The molecule has 28 heavy (non-hydrogen) atoms. The van der Waals surface area contributed by atoms with Gasteiger partial charge in [0, 0.05) is 24.5 Å². The predicted molar refractivity (Wildman–Crippen MR) is 108 cm³/mol. The number of nitrogens with zero attached hydrogens (tertiary/aromatic N) is 1. The molecule has 1 heterocycles. The molecular formula is C25H27NO2. The second-order valence-electron chi connectivity index (χ2n) is 9.60. The summed E-state index contributed by atoms with van der Waals surface area (Å²) in [5.41, 5.74) is 6.33. The molecule has 1 saturated heterocycles. The first-order valence-corrected chi connectivity index (χ1v) is 10.8. The first-order chi connectivity index (χ1) is 13.6. The first kappa shape index (κ1) is 16.8. The van der Waals surface area contributed by atoms with Gasteiger partial charge in [-0.25, -0.2) is 0 Å². The van der Waals surface area contributed by atoms with E-state index in [2.05, 4.69) is 53.4 Å². The summed E-state index contributed by atoms with van der Waals surface area (Å²) in [5.74, 6) is 0.191. The smallest absolute Gasteiger partial charge is 0.307 e. The fraction of sp³-hybridized carbons (Fsp3) is 0.480. The normalized spacial score (nSPS) is 35.9. The summed E-state index contributed by atoms with van der Waals surface area (Å²) >= 11 is 0. The van der Waals surface area contributed by atoms with Crippen molar-refractivity contribution in [3.63, 3.8) is 0 Å². The third-order valence-electron chi connectivity index (χ3n) is 8.22. The summed E-state index contributed by atoms with van der Waals surface area (Å²) in [4.78, 5) is 13.9. The van der Waals surface area contributed by atoms with Crippen LogP contribution in [-0.4, -0.2) is 35.1 Å². The van der Waals surface area contributed by atoms with E-state index in [1.54, 1.807) is 5.56 Å². The van der Waals surface area contributed by atoms with Crippen molar-refractivity contribution < 1.29 is 9.90 Å². The maximum atomic E-state index is 11.3. The van der Waals surface area contributed by atoms with Crippen molar-refractivity contribution in [2.75, 3.05) is 13.1 Å². The van der Waals surface area contributed by atoms with Gasteiger partial charge < -0.3 is 5.11 Å². The highest BCUT2D eigenvalue weighted by Gasteiger charge is 2.61. The number of carboxylic acid groups (broad SMARTS) is 1. The topological polar surface area (TPSA) is 40.5 Å². The molecule has 2 aromatic carbocycles. The lowest BCUT2D eigenvalue weighted by Gasteiger charge is -2.33. The van der Waals surface area contributed by atoms with E-state index < -0.39 is 5.97 Å². The van der Waals surface area contributed by atoms with Gasteiger partial charge in [0.1, 0.15) is 0 Å². The summed E-state index contributed by atoms with van der Waals surface area (Å²) in [7, 11) is 0. The number of carbonyl (C=O) groups is 1. The first-order valence-electron chi connectivity index (χ1n) is 10.8. The fourth-order valence-electron chi connectivity index (χ4n) is 6.80. The molecule has 2 saturated carbocycles. The largest absolute Gasteiger partial charge is 0.481 e. The van der Waals surface area contributed by atoms with Crippen LogP contribution in [0.1, 0.15) is 41.5 Å². The van der Waals surface area contributed by atoms with E-state index in [1.165, 1.54) is 36.0 Å².